The van der Waals surface area contributed by atoms with E-state index in [-0.39, 0.29) is 15.9 Å². The van der Waals surface area contributed by atoms with Gasteiger partial charge in [-0.05, 0) is 0 Å². The third-order valence-electron chi connectivity index (χ3n) is 2.55. The molecule has 0 radical (unpaired) electrons. The van der Waals surface area contributed by atoms with Crippen LogP contribution in [0, 0.1) is 4.64 Å². The Morgan fingerprint density at radius 2 is 1.94 bits per heavy atom. The van der Waals surface area contributed by atoms with Gasteiger partial charge in [0.1, 0.15) is 21.5 Å². The molecule has 7 heteroatoms. The topological polar surface area (TPSA) is 83.5 Å². The van der Waals surface area contributed by atoms with Crippen LogP contribution in [-0.2, 0) is 7.05 Å². The molecule has 2 aromatic rings. The summed E-state index contributed by atoms with van der Waals surface area (Å²) in [5.41, 5.74) is -0.580. The molecule has 2 rings (SSSR count). The van der Waals surface area contributed by atoms with E-state index in [0.717, 1.165) is 0 Å². The molecule has 90 valence electrons. The van der Waals surface area contributed by atoms with Crippen molar-refractivity contribution in [1.29, 1.82) is 0 Å². The number of rotatable bonds is 1. The Hall–Kier alpha value is -1.76. The highest BCUT2D eigenvalue weighted by atomic mass is 32.1. The Bertz CT molecular complexity index is 753. The summed E-state index contributed by atoms with van der Waals surface area (Å²) in [6.07, 6.45) is 0. The van der Waals surface area contributed by atoms with Gasteiger partial charge in [0.05, 0.1) is 0 Å². The third-order valence-corrected chi connectivity index (χ3v) is 2.85. The van der Waals surface area contributed by atoms with Crippen LogP contribution < -0.4 is 11.2 Å². The normalized spacial score (nSPS) is 11.3. The van der Waals surface area contributed by atoms with Gasteiger partial charge in [-0.3, -0.25) is 14.3 Å². The Kier molecular flexibility index (Phi) is 2.70. The van der Waals surface area contributed by atoms with Crippen molar-refractivity contribution in [1.82, 2.24) is 19.5 Å². The zero-order valence-corrected chi connectivity index (χ0v) is 10.5. The Morgan fingerprint density at radius 3 is 2.53 bits per heavy atom. The Morgan fingerprint density at radius 1 is 1.29 bits per heavy atom. The summed E-state index contributed by atoms with van der Waals surface area (Å²) in [5, 5.41) is 0.242. The molecule has 6 nitrogen and oxygen atoms in total. The number of H-pyrrole nitrogens is 2. The highest BCUT2D eigenvalue weighted by Gasteiger charge is 2.10. The molecule has 0 amide bonds. The zero-order valence-electron chi connectivity index (χ0n) is 9.70. The molecule has 0 spiro atoms. The van der Waals surface area contributed by atoms with E-state index in [4.69, 9.17) is 12.2 Å². The zero-order chi connectivity index (χ0) is 12.7. The van der Waals surface area contributed by atoms with Crippen LogP contribution in [0.5, 0.6) is 0 Å². The Labute approximate surface area is 101 Å². The number of hydrogen-bond acceptors (Lipinski definition) is 4. The van der Waals surface area contributed by atoms with Gasteiger partial charge in [-0.1, -0.05) is 26.1 Å². The highest BCUT2D eigenvalue weighted by molar-refractivity contribution is 7.71. The van der Waals surface area contributed by atoms with Gasteiger partial charge in [0, 0.05) is 13.0 Å². The summed E-state index contributed by atoms with van der Waals surface area (Å²) >= 11 is 5.08. The molecule has 0 unspecified atom stereocenters. The highest BCUT2D eigenvalue weighted by Crippen LogP contribution is 2.12. The molecule has 0 aromatic carbocycles. The first-order valence-electron chi connectivity index (χ1n) is 5.15. The fraction of sp³-hybridized carbons (Fsp3) is 0.400. The van der Waals surface area contributed by atoms with Crippen molar-refractivity contribution in [3.63, 3.8) is 0 Å². The monoisotopic (exact) mass is 252 g/mol. The van der Waals surface area contributed by atoms with E-state index < -0.39 is 11.2 Å². The lowest BCUT2D eigenvalue weighted by Crippen LogP contribution is -2.29. The maximum absolute atomic E-state index is 11.7. The molecule has 0 saturated carbocycles. The van der Waals surface area contributed by atoms with Crippen LogP contribution in [0.25, 0.3) is 11.0 Å². The van der Waals surface area contributed by atoms with Crippen LogP contribution in [0.2, 0.25) is 0 Å². The number of aromatic nitrogens is 4. The van der Waals surface area contributed by atoms with Crippen LogP contribution in [0.1, 0.15) is 25.6 Å². The van der Waals surface area contributed by atoms with Crippen molar-refractivity contribution in [3.05, 3.63) is 31.3 Å². The number of aromatic amines is 2. The molecule has 0 saturated heterocycles. The average Bonchev–Trinajstić information content (AvgIpc) is 2.24. The summed E-state index contributed by atoms with van der Waals surface area (Å²) in [6.45, 7) is 3.90. The van der Waals surface area contributed by atoms with Gasteiger partial charge in [-0.25, -0.2) is 9.78 Å². The van der Waals surface area contributed by atoms with Gasteiger partial charge >= 0.3 is 5.69 Å². The second-order valence-corrected chi connectivity index (χ2v) is 4.51. The quantitative estimate of drug-likeness (QED) is 0.735. The van der Waals surface area contributed by atoms with Crippen molar-refractivity contribution in [2.75, 3.05) is 0 Å². The summed E-state index contributed by atoms with van der Waals surface area (Å²) in [5.74, 6) is 0.790. The second kappa shape index (κ2) is 3.92. The van der Waals surface area contributed by atoms with Crippen LogP contribution in [0.4, 0.5) is 0 Å². The number of fused-ring (bicyclic) bond motifs is 1. The summed E-state index contributed by atoms with van der Waals surface area (Å²) < 4.78 is 1.53. The van der Waals surface area contributed by atoms with Crippen molar-refractivity contribution in [3.8, 4) is 0 Å². The third kappa shape index (κ3) is 1.82. The van der Waals surface area contributed by atoms with E-state index in [1.165, 1.54) is 4.57 Å². The molecule has 17 heavy (non-hydrogen) atoms. The average molecular weight is 252 g/mol. The fourth-order valence-electron chi connectivity index (χ4n) is 1.55. The maximum atomic E-state index is 11.7. The second-order valence-electron chi connectivity index (χ2n) is 4.12. The number of hydrogen-bond donors (Lipinski definition) is 2. The van der Waals surface area contributed by atoms with E-state index >= 15 is 0 Å². The minimum atomic E-state index is -0.507. The SMILES string of the molecule is CC(C)c1nc(=S)c2c(=O)[nH]c(=O)n(C)c2[nH]1. The lowest BCUT2D eigenvalue weighted by Gasteiger charge is -2.08. The molecular formula is C10H12N4O2S. The van der Waals surface area contributed by atoms with Crippen LogP contribution in [0.15, 0.2) is 9.59 Å². The fourth-order valence-corrected chi connectivity index (χ4v) is 1.84. The van der Waals surface area contributed by atoms with Crippen molar-refractivity contribution < 1.29 is 0 Å². The van der Waals surface area contributed by atoms with Gasteiger partial charge in [0.15, 0.2) is 0 Å². The molecule has 2 heterocycles. The van der Waals surface area contributed by atoms with Gasteiger partial charge in [-0.2, -0.15) is 0 Å². The molecule has 0 bridgehead atoms. The first kappa shape index (κ1) is 11.7. The first-order valence-corrected chi connectivity index (χ1v) is 5.56. The molecular weight excluding hydrogens is 240 g/mol. The molecule has 0 atom stereocenters. The van der Waals surface area contributed by atoms with E-state index in [0.29, 0.717) is 11.5 Å². The molecule has 2 N–H and O–H groups in total. The number of nitrogens with one attached hydrogen (secondary N) is 2. The first-order chi connectivity index (χ1) is 7.91. The van der Waals surface area contributed by atoms with Crippen LogP contribution in [0.3, 0.4) is 0 Å². The maximum Gasteiger partial charge on any atom is 0.329 e. The predicted octanol–water partition coefficient (Wildman–Crippen LogP) is 0.803. The molecule has 2 aromatic heterocycles. The number of aryl methyl sites for hydroxylation is 1. The van der Waals surface area contributed by atoms with Gasteiger partial charge in [-0.15, -0.1) is 0 Å². The van der Waals surface area contributed by atoms with E-state index in [9.17, 15) is 9.59 Å². The summed E-state index contributed by atoms with van der Waals surface area (Å²) in [6, 6.07) is 0. The van der Waals surface area contributed by atoms with E-state index in [2.05, 4.69) is 15.0 Å². The minimum Gasteiger partial charge on any atom is -0.329 e. The lowest BCUT2D eigenvalue weighted by atomic mass is 10.2. The van der Waals surface area contributed by atoms with Gasteiger partial charge in [0.25, 0.3) is 5.56 Å². The standard InChI is InChI=1S/C10H12N4O2S/c1-4(2)6-11-7-5(9(17)12-6)8(15)13-10(16)14(7)3/h4H,1-3H3,(H,11,12,17)(H,13,15,16). The lowest BCUT2D eigenvalue weighted by molar-refractivity contribution is 0.757. The summed E-state index contributed by atoms with van der Waals surface area (Å²) in [7, 11) is 1.57. The molecule has 0 fully saturated rings. The molecule has 0 aliphatic heterocycles. The Balaban J connectivity index is 3.08. The minimum absolute atomic E-state index is 0.135. The molecule has 0 aliphatic rings. The van der Waals surface area contributed by atoms with Gasteiger partial charge < -0.3 is 4.98 Å². The van der Waals surface area contributed by atoms with Crippen LogP contribution >= 0.6 is 12.2 Å². The van der Waals surface area contributed by atoms with Crippen molar-refractivity contribution >= 4 is 23.3 Å². The summed E-state index contributed by atoms with van der Waals surface area (Å²) in [4.78, 5) is 32.5. The van der Waals surface area contributed by atoms with Crippen LogP contribution in [-0.4, -0.2) is 19.5 Å². The van der Waals surface area contributed by atoms with E-state index in [1.807, 2.05) is 13.8 Å². The van der Waals surface area contributed by atoms with Gasteiger partial charge in [0.2, 0.25) is 0 Å². The molecule has 0 aliphatic carbocycles. The largest absolute Gasteiger partial charge is 0.329 e. The van der Waals surface area contributed by atoms with Crippen molar-refractivity contribution in [2.45, 2.75) is 19.8 Å². The predicted molar refractivity (Wildman–Crippen MR) is 66.9 cm³/mol. The number of nitrogens with zero attached hydrogens (tertiary/aromatic N) is 2. The van der Waals surface area contributed by atoms with E-state index in [1.54, 1.807) is 7.05 Å². The smallest absolute Gasteiger partial charge is 0.329 e. The van der Waals surface area contributed by atoms with Crippen molar-refractivity contribution in [2.24, 2.45) is 7.05 Å².